The molecule has 0 spiro atoms. The second kappa shape index (κ2) is 7.94. The summed E-state index contributed by atoms with van der Waals surface area (Å²) in [7, 11) is 0. The zero-order valence-corrected chi connectivity index (χ0v) is 13.2. The van der Waals surface area contributed by atoms with Crippen molar-refractivity contribution in [3.05, 3.63) is 35.4 Å². The zero-order valence-electron chi connectivity index (χ0n) is 13.2. The van der Waals surface area contributed by atoms with Gasteiger partial charge in [0.1, 0.15) is 0 Å². The molecular weight excluding hydrogens is 278 g/mol. The van der Waals surface area contributed by atoms with Crippen LogP contribution in [0.3, 0.4) is 0 Å². The topological polar surface area (TPSA) is 75.4 Å². The lowest BCUT2D eigenvalue weighted by atomic mass is 9.96. The van der Waals surface area contributed by atoms with Gasteiger partial charge >= 0.3 is 0 Å². The van der Waals surface area contributed by atoms with E-state index in [1.54, 1.807) is 24.3 Å². The van der Waals surface area contributed by atoms with Gasteiger partial charge in [0.15, 0.2) is 0 Å². The highest BCUT2D eigenvalue weighted by atomic mass is 16.2. The van der Waals surface area contributed by atoms with Crippen molar-refractivity contribution in [3.63, 3.8) is 0 Å². The largest absolute Gasteiger partial charge is 0.352 e. The van der Waals surface area contributed by atoms with Gasteiger partial charge in [0.2, 0.25) is 0 Å². The van der Waals surface area contributed by atoms with Crippen molar-refractivity contribution in [2.75, 3.05) is 26.2 Å². The lowest BCUT2D eigenvalue weighted by Gasteiger charge is -2.31. The standard InChI is InChI=1S/C17H25N3O2/c1-2-8-19-16(21)14-4-3-5-15(11-14)17(22)20-9-6-13(12-18)7-10-20/h3-5,11,13H,2,6-10,12,18H2,1H3,(H,19,21). The van der Waals surface area contributed by atoms with Gasteiger partial charge in [-0.05, 0) is 49.9 Å². The van der Waals surface area contributed by atoms with Crippen LogP contribution in [0.15, 0.2) is 24.3 Å². The second-order valence-electron chi connectivity index (χ2n) is 5.81. The Morgan fingerprint density at radius 3 is 2.59 bits per heavy atom. The normalized spacial score (nSPS) is 15.6. The summed E-state index contributed by atoms with van der Waals surface area (Å²) in [5.41, 5.74) is 6.80. The highest BCUT2D eigenvalue weighted by Crippen LogP contribution is 2.18. The number of benzene rings is 1. The van der Waals surface area contributed by atoms with E-state index >= 15 is 0 Å². The molecule has 0 bridgehead atoms. The number of hydrogen-bond donors (Lipinski definition) is 2. The van der Waals surface area contributed by atoms with E-state index in [9.17, 15) is 9.59 Å². The fraction of sp³-hybridized carbons (Fsp3) is 0.529. The Morgan fingerprint density at radius 1 is 1.27 bits per heavy atom. The Kier molecular flexibility index (Phi) is 5.95. The van der Waals surface area contributed by atoms with Crippen molar-refractivity contribution in [1.82, 2.24) is 10.2 Å². The van der Waals surface area contributed by atoms with Crippen LogP contribution in [0.5, 0.6) is 0 Å². The van der Waals surface area contributed by atoms with Gasteiger partial charge in [-0.15, -0.1) is 0 Å². The maximum Gasteiger partial charge on any atom is 0.253 e. The van der Waals surface area contributed by atoms with Crippen LogP contribution in [0.25, 0.3) is 0 Å². The lowest BCUT2D eigenvalue weighted by molar-refractivity contribution is 0.0693. The summed E-state index contributed by atoms with van der Waals surface area (Å²) >= 11 is 0. The van der Waals surface area contributed by atoms with Crippen molar-refractivity contribution in [2.24, 2.45) is 11.7 Å². The van der Waals surface area contributed by atoms with Crippen molar-refractivity contribution >= 4 is 11.8 Å². The number of nitrogens with zero attached hydrogens (tertiary/aromatic N) is 1. The third-order valence-electron chi connectivity index (χ3n) is 4.14. The molecule has 1 aliphatic rings. The van der Waals surface area contributed by atoms with Crippen LogP contribution in [-0.4, -0.2) is 42.9 Å². The highest BCUT2D eigenvalue weighted by Gasteiger charge is 2.23. The Labute approximate surface area is 131 Å². The predicted molar refractivity (Wildman–Crippen MR) is 86.7 cm³/mol. The predicted octanol–water partition coefficient (Wildman–Crippen LogP) is 1.64. The second-order valence-corrected chi connectivity index (χ2v) is 5.81. The van der Waals surface area contributed by atoms with Gasteiger partial charge in [-0.25, -0.2) is 0 Å². The van der Waals surface area contributed by atoms with Gasteiger partial charge in [-0.1, -0.05) is 13.0 Å². The molecule has 1 aromatic rings. The van der Waals surface area contributed by atoms with Crippen LogP contribution in [0, 0.1) is 5.92 Å². The molecule has 3 N–H and O–H groups in total. The van der Waals surface area contributed by atoms with Crippen LogP contribution in [0.2, 0.25) is 0 Å². The van der Waals surface area contributed by atoms with Gasteiger partial charge in [0.05, 0.1) is 0 Å². The van der Waals surface area contributed by atoms with Crippen molar-refractivity contribution in [3.8, 4) is 0 Å². The maximum absolute atomic E-state index is 12.5. The van der Waals surface area contributed by atoms with E-state index in [2.05, 4.69) is 5.32 Å². The van der Waals surface area contributed by atoms with Gasteiger partial charge in [0.25, 0.3) is 11.8 Å². The third kappa shape index (κ3) is 4.07. The summed E-state index contributed by atoms with van der Waals surface area (Å²) in [6.07, 6.45) is 2.80. The Balaban J connectivity index is 2.03. The average Bonchev–Trinajstić information content (AvgIpc) is 2.59. The fourth-order valence-electron chi connectivity index (χ4n) is 2.69. The molecule has 0 unspecified atom stereocenters. The summed E-state index contributed by atoms with van der Waals surface area (Å²) in [6.45, 7) is 4.82. The molecule has 1 saturated heterocycles. The van der Waals surface area contributed by atoms with Gasteiger partial charge in [-0.3, -0.25) is 9.59 Å². The van der Waals surface area contributed by atoms with E-state index in [1.165, 1.54) is 0 Å². The van der Waals surface area contributed by atoms with Crippen LogP contribution < -0.4 is 11.1 Å². The van der Waals surface area contributed by atoms with Crippen LogP contribution in [0.4, 0.5) is 0 Å². The zero-order chi connectivity index (χ0) is 15.9. The van der Waals surface area contributed by atoms with Crippen LogP contribution in [0.1, 0.15) is 46.9 Å². The minimum absolute atomic E-state index is 0.000568. The van der Waals surface area contributed by atoms with Crippen molar-refractivity contribution in [2.45, 2.75) is 26.2 Å². The summed E-state index contributed by atoms with van der Waals surface area (Å²) < 4.78 is 0. The van der Waals surface area contributed by atoms with Gasteiger partial charge < -0.3 is 16.0 Å². The van der Waals surface area contributed by atoms with E-state index in [1.807, 2.05) is 11.8 Å². The first-order valence-electron chi connectivity index (χ1n) is 8.03. The molecule has 0 radical (unpaired) electrons. The van der Waals surface area contributed by atoms with Crippen molar-refractivity contribution < 1.29 is 9.59 Å². The number of carbonyl (C=O) groups excluding carboxylic acids is 2. The first kappa shape index (κ1) is 16.5. The molecule has 2 rings (SSSR count). The first-order chi connectivity index (χ1) is 10.7. The van der Waals surface area contributed by atoms with E-state index in [0.29, 0.717) is 30.1 Å². The summed E-state index contributed by atoms with van der Waals surface area (Å²) in [5, 5.41) is 2.83. The molecular formula is C17H25N3O2. The summed E-state index contributed by atoms with van der Waals surface area (Å²) in [6, 6.07) is 6.96. The monoisotopic (exact) mass is 303 g/mol. The van der Waals surface area contributed by atoms with Crippen LogP contribution >= 0.6 is 0 Å². The Morgan fingerprint density at radius 2 is 1.95 bits per heavy atom. The molecule has 22 heavy (non-hydrogen) atoms. The molecule has 1 aromatic carbocycles. The number of likely N-dealkylation sites (tertiary alicyclic amines) is 1. The van der Waals surface area contributed by atoms with E-state index in [0.717, 1.165) is 32.4 Å². The number of nitrogens with one attached hydrogen (secondary N) is 1. The van der Waals surface area contributed by atoms with Crippen LogP contribution in [-0.2, 0) is 0 Å². The van der Waals surface area contributed by atoms with E-state index in [-0.39, 0.29) is 11.8 Å². The highest BCUT2D eigenvalue weighted by molar-refractivity contribution is 5.99. The number of nitrogens with two attached hydrogens (primary N) is 1. The minimum atomic E-state index is -0.127. The first-order valence-corrected chi connectivity index (χ1v) is 8.03. The molecule has 120 valence electrons. The SMILES string of the molecule is CCCNC(=O)c1cccc(C(=O)N2CCC(CN)CC2)c1. The third-order valence-corrected chi connectivity index (χ3v) is 4.14. The summed E-state index contributed by atoms with van der Waals surface area (Å²) in [5.74, 6) is 0.397. The molecule has 2 amide bonds. The fourth-order valence-corrected chi connectivity index (χ4v) is 2.69. The van der Waals surface area contributed by atoms with Gasteiger partial charge in [0, 0.05) is 30.8 Å². The molecule has 1 aliphatic heterocycles. The molecule has 0 saturated carbocycles. The summed E-state index contributed by atoms with van der Waals surface area (Å²) in [4.78, 5) is 26.4. The Hall–Kier alpha value is -1.88. The number of amides is 2. The molecule has 5 heteroatoms. The maximum atomic E-state index is 12.5. The number of rotatable bonds is 5. The average molecular weight is 303 g/mol. The lowest BCUT2D eigenvalue weighted by Crippen LogP contribution is -2.40. The Bertz CT molecular complexity index is 522. The molecule has 0 aliphatic carbocycles. The number of hydrogen-bond acceptors (Lipinski definition) is 3. The van der Waals surface area contributed by atoms with Gasteiger partial charge in [-0.2, -0.15) is 0 Å². The molecule has 5 nitrogen and oxygen atoms in total. The van der Waals surface area contributed by atoms with Crippen molar-refractivity contribution in [1.29, 1.82) is 0 Å². The molecule has 0 aromatic heterocycles. The van der Waals surface area contributed by atoms with E-state index < -0.39 is 0 Å². The molecule has 1 fully saturated rings. The number of carbonyl (C=O) groups is 2. The minimum Gasteiger partial charge on any atom is -0.352 e. The smallest absolute Gasteiger partial charge is 0.253 e. The number of piperidine rings is 1. The molecule has 0 atom stereocenters. The molecule has 1 heterocycles. The quantitative estimate of drug-likeness (QED) is 0.868. The van der Waals surface area contributed by atoms with E-state index in [4.69, 9.17) is 5.73 Å².